The molecule has 3 aromatic rings. The smallest absolute Gasteiger partial charge is 0.263 e. The first-order chi connectivity index (χ1) is 11.5. The lowest BCUT2D eigenvalue weighted by Gasteiger charge is -2.17. The molecule has 0 atom stereocenters. The highest BCUT2D eigenvalue weighted by molar-refractivity contribution is 5.94. The molecule has 0 aliphatic rings. The van der Waals surface area contributed by atoms with Crippen LogP contribution in [0.2, 0.25) is 0 Å². The largest absolute Gasteiger partial charge is 0.459 e. The van der Waals surface area contributed by atoms with Crippen LogP contribution >= 0.6 is 0 Å². The fraction of sp³-hybridized carbons (Fsp3) is 0.176. The van der Waals surface area contributed by atoms with E-state index in [4.69, 9.17) is 8.83 Å². The van der Waals surface area contributed by atoms with Crippen LogP contribution in [0.4, 0.5) is 14.5 Å². The maximum atomic E-state index is 13.8. The first-order valence-corrected chi connectivity index (χ1v) is 7.17. The molecule has 0 radical (unpaired) electrons. The molecule has 0 aliphatic heterocycles. The minimum atomic E-state index is -0.680. The van der Waals surface area contributed by atoms with Crippen molar-refractivity contribution in [1.82, 2.24) is 4.98 Å². The van der Waals surface area contributed by atoms with Crippen molar-refractivity contribution in [2.45, 2.75) is 13.3 Å². The molecule has 0 aliphatic carbocycles. The molecule has 1 amide bonds. The highest BCUT2D eigenvalue weighted by Gasteiger charge is 2.20. The molecule has 1 aromatic carbocycles. The lowest BCUT2D eigenvalue weighted by atomic mass is 10.2. The summed E-state index contributed by atoms with van der Waals surface area (Å²) < 4.78 is 37.7. The van der Waals surface area contributed by atoms with Crippen LogP contribution in [0.1, 0.15) is 11.5 Å². The van der Waals surface area contributed by atoms with Crippen molar-refractivity contribution < 1.29 is 22.4 Å². The third kappa shape index (κ3) is 3.05. The molecule has 0 fully saturated rings. The number of rotatable bonds is 4. The number of carbonyl (C=O) groups is 1. The second-order valence-corrected chi connectivity index (χ2v) is 5.22. The Balaban J connectivity index is 1.81. The number of benzene rings is 1. The number of nitrogens with zero attached hydrogens (tertiary/aromatic N) is 2. The summed E-state index contributed by atoms with van der Waals surface area (Å²) in [7, 11) is 1.38. The maximum Gasteiger partial charge on any atom is 0.263 e. The number of aryl methyl sites for hydroxylation is 1. The highest BCUT2D eigenvalue weighted by Crippen LogP contribution is 2.24. The number of likely N-dealkylation sites (N-methyl/N-ethyl adjacent to an activating group) is 1. The van der Waals surface area contributed by atoms with Crippen molar-refractivity contribution in [3.63, 3.8) is 0 Å². The second-order valence-electron chi connectivity index (χ2n) is 5.22. The summed E-state index contributed by atoms with van der Waals surface area (Å²) in [5, 5.41) is 0. The SMILES string of the molecule is Cc1oc(-c2ccco2)nc1CC(=O)N(C)c1cc(F)ccc1F. The topological polar surface area (TPSA) is 59.5 Å². The Labute approximate surface area is 136 Å². The molecule has 3 rings (SSSR count). The van der Waals surface area contributed by atoms with Crippen LogP contribution in [-0.2, 0) is 11.2 Å². The summed E-state index contributed by atoms with van der Waals surface area (Å²) in [6.07, 6.45) is 1.38. The van der Waals surface area contributed by atoms with Gasteiger partial charge in [-0.2, -0.15) is 0 Å². The van der Waals surface area contributed by atoms with E-state index in [0.717, 1.165) is 23.1 Å². The molecule has 24 heavy (non-hydrogen) atoms. The lowest BCUT2D eigenvalue weighted by Crippen LogP contribution is -2.29. The van der Waals surface area contributed by atoms with Crippen molar-refractivity contribution >= 4 is 11.6 Å². The third-order valence-electron chi connectivity index (χ3n) is 3.59. The molecule has 5 nitrogen and oxygen atoms in total. The van der Waals surface area contributed by atoms with E-state index in [1.54, 1.807) is 19.1 Å². The van der Waals surface area contributed by atoms with E-state index in [0.29, 0.717) is 17.2 Å². The van der Waals surface area contributed by atoms with E-state index in [-0.39, 0.29) is 18.0 Å². The first-order valence-electron chi connectivity index (χ1n) is 7.17. The van der Waals surface area contributed by atoms with Crippen LogP contribution in [0.25, 0.3) is 11.7 Å². The van der Waals surface area contributed by atoms with Gasteiger partial charge in [-0.15, -0.1) is 0 Å². The van der Waals surface area contributed by atoms with Crippen molar-refractivity contribution in [2.75, 3.05) is 11.9 Å². The lowest BCUT2D eigenvalue weighted by molar-refractivity contribution is -0.117. The molecule has 0 saturated carbocycles. The van der Waals surface area contributed by atoms with Crippen LogP contribution in [0.5, 0.6) is 0 Å². The Morgan fingerprint density at radius 1 is 1.29 bits per heavy atom. The van der Waals surface area contributed by atoms with Gasteiger partial charge in [-0.3, -0.25) is 4.79 Å². The predicted molar refractivity (Wildman–Crippen MR) is 82.4 cm³/mol. The molecule has 2 heterocycles. The van der Waals surface area contributed by atoms with Crippen LogP contribution in [0.15, 0.2) is 45.4 Å². The van der Waals surface area contributed by atoms with Crippen molar-refractivity contribution in [1.29, 1.82) is 0 Å². The number of furan rings is 1. The van der Waals surface area contributed by atoms with E-state index in [1.165, 1.54) is 13.3 Å². The van der Waals surface area contributed by atoms with Gasteiger partial charge in [0.05, 0.1) is 24.1 Å². The Hall–Kier alpha value is -2.96. The van der Waals surface area contributed by atoms with Crippen LogP contribution in [-0.4, -0.2) is 17.9 Å². The van der Waals surface area contributed by atoms with Crippen LogP contribution in [0.3, 0.4) is 0 Å². The van der Waals surface area contributed by atoms with Crippen molar-refractivity contribution in [3.8, 4) is 11.7 Å². The zero-order chi connectivity index (χ0) is 17.3. The molecular formula is C17H14F2N2O3. The predicted octanol–water partition coefficient (Wildman–Crippen LogP) is 3.73. The van der Waals surface area contributed by atoms with E-state index >= 15 is 0 Å². The zero-order valence-electron chi connectivity index (χ0n) is 13.0. The first kappa shape index (κ1) is 15.9. The Morgan fingerprint density at radius 2 is 2.08 bits per heavy atom. The molecule has 0 bridgehead atoms. The molecule has 0 N–H and O–H groups in total. The van der Waals surface area contributed by atoms with Gasteiger partial charge in [-0.25, -0.2) is 13.8 Å². The molecule has 0 unspecified atom stereocenters. The normalized spacial score (nSPS) is 10.8. The maximum absolute atomic E-state index is 13.8. The van der Waals surface area contributed by atoms with Gasteiger partial charge in [0.25, 0.3) is 5.89 Å². The summed E-state index contributed by atoms with van der Waals surface area (Å²) in [5.41, 5.74) is 0.280. The second kappa shape index (κ2) is 6.27. The number of hydrogen-bond donors (Lipinski definition) is 0. The summed E-state index contributed by atoms with van der Waals surface area (Å²) in [5.74, 6) is -0.574. The number of oxazole rings is 1. The fourth-order valence-electron chi connectivity index (χ4n) is 2.24. The van der Waals surface area contributed by atoms with E-state index in [2.05, 4.69) is 4.98 Å². The molecule has 7 heteroatoms. The minimum Gasteiger partial charge on any atom is -0.459 e. The van der Waals surface area contributed by atoms with Gasteiger partial charge >= 0.3 is 0 Å². The molecular weight excluding hydrogens is 318 g/mol. The summed E-state index contributed by atoms with van der Waals surface area (Å²) in [6.45, 7) is 1.67. The van der Waals surface area contributed by atoms with Gasteiger partial charge in [0.1, 0.15) is 17.4 Å². The van der Waals surface area contributed by atoms with Gasteiger partial charge in [-0.1, -0.05) is 0 Å². The molecule has 0 spiro atoms. The third-order valence-corrected chi connectivity index (χ3v) is 3.59. The Kier molecular flexibility index (Phi) is 4.16. The molecule has 2 aromatic heterocycles. The van der Waals surface area contributed by atoms with Crippen LogP contribution in [0, 0.1) is 18.6 Å². The summed E-state index contributed by atoms with van der Waals surface area (Å²) in [6, 6.07) is 6.32. The Morgan fingerprint density at radius 3 is 2.79 bits per heavy atom. The fourth-order valence-corrected chi connectivity index (χ4v) is 2.24. The average Bonchev–Trinajstić information content (AvgIpc) is 3.19. The number of aromatic nitrogens is 1. The average molecular weight is 332 g/mol. The van der Waals surface area contributed by atoms with E-state index in [1.807, 2.05) is 0 Å². The van der Waals surface area contributed by atoms with Gasteiger partial charge in [-0.05, 0) is 31.2 Å². The number of carbonyl (C=O) groups excluding carboxylic acids is 1. The van der Waals surface area contributed by atoms with Gasteiger partial charge in [0.15, 0.2) is 5.76 Å². The number of hydrogen-bond acceptors (Lipinski definition) is 4. The van der Waals surface area contributed by atoms with Crippen LogP contribution < -0.4 is 4.90 Å². The van der Waals surface area contributed by atoms with Gasteiger partial charge < -0.3 is 13.7 Å². The van der Waals surface area contributed by atoms with Crippen molar-refractivity contribution in [3.05, 3.63) is 59.7 Å². The number of halogens is 2. The Bertz CT molecular complexity index is 872. The van der Waals surface area contributed by atoms with E-state index < -0.39 is 17.5 Å². The molecule has 124 valence electrons. The number of anilines is 1. The summed E-state index contributed by atoms with van der Waals surface area (Å²) >= 11 is 0. The van der Waals surface area contributed by atoms with Gasteiger partial charge in [0.2, 0.25) is 5.91 Å². The highest BCUT2D eigenvalue weighted by atomic mass is 19.1. The zero-order valence-corrected chi connectivity index (χ0v) is 13.0. The molecule has 0 saturated heterocycles. The quantitative estimate of drug-likeness (QED) is 0.730. The number of amides is 1. The summed E-state index contributed by atoms with van der Waals surface area (Å²) in [4.78, 5) is 17.6. The van der Waals surface area contributed by atoms with Gasteiger partial charge in [0, 0.05) is 13.1 Å². The standard InChI is InChI=1S/C17H14F2N2O3/c1-10-13(20-17(24-10)15-4-3-7-23-15)9-16(22)21(2)14-8-11(18)5-6-12(14)19/h3-8H,9H2,1-2H3. The van der Waals surface area contributed by atoms with E-state index in [9.17, 15) is 13.6 Å². The van der Waals surface area contributed by atoms with Crippen molar-refractivity contribution in [2.24, 2.45) is 0 Å². The minimum absolute atomic E-state index is 0.109. The monoisotopic (exact) mass is 332 g/mol.